The predicted octanol–water partition coefficient (Wildman–Crippen LogP) is -1.47. The third-order valence-electron chi connectivity index (χ3n) is 8.86. The smallest absolute Gasteiger partial charge is 0.147 e. The zero-order valence-electron chi connectivity index (χ0n) is 24.3. The number of fused-ring (bicyclic) bond motifs is 3. The van der Waals surface area contributed by atoms with Gasteiger partial charge >= 0.3 is 0 Å². The number of aliphatic hydroxyl groups excluding tert-OH is 8. The van der Waals surface area contributed by atoms with Gasteiger partial charge in [-0.3, -0.25) is 0 Å². The highest BCUT2D eigenvalue weighted by molar-refractivity contribution is 6.08. The highest BCUT2D eigenvalue weighted by Gasteiger charge is 2.43. The zero-order valence-corrected chi connectivity index (χ0v) is 24.3. The Morgan fingerprint density at radius 2 is 1.07 bits per heavy atom. The molecule has 0 bridgehead atoms. The largest absolute Gasteiger partial charge is 0.394 e. The van der Waals surface area contributed by atoms with Gasteiger partial charge in [-0.05, 0) is 37.1 Å². The Bertz CT molecular complexity index is 1530. The van der Waals surface area contributed by atoms with Gasteiger partial charge in [0, 0.05) is 41.2 Å². The lowest BCUT2D eigenvalue weighted by atomic mass is 9.95. The fraction of sp³-hybridized carbons (Fsp3) is 0.515. The third-order valence-corrected chi connectivity index (χ3v) is 8.86. The standard InChI is InChI=1S/C33H37NO11/c35-15-26-30(39)32(41)28(37)24(44-26)7-3-17-1-5-20-21-6-2-18(4-8-25-29(38)33(42)31(40)27(16-36)45-25)14-23(21)34(22(20)13-17)19-9-11-43-12-10-19/h1-2,5-6,13-14,19,24-33,35-42H,9-12,15-16H2. The fourth-order valence-electron chi connectivity index (χ4n) is 6.29. The van der Waals surface area contributed by atoms with Crippen molar-refractivity contribution in [2.75, 3.05) is 26.4 Å². The minimum Gasteiger partial charge on any atom is -0.394 e. The topological polar surface area (TPSA) is 194 Å². The lowest BCUT2D eigenvalue weighted by molar-refractivity contribution is -0.214. The second kappa shape index (κ2) is 13.3. The Morgan fingerprint density at radius 3 is 1.49 bits per heavy atom. The molecule has 4 heterocycles. The highest BCUT2D eigenvalue weighted by Crippen LogP contribution is 2.36. The van der Waals surface area contributed by atoms with E-state index in [0.717, 1.165) is 34.6 Å². The van der Waals surface area contributed by atoms with Crippen molar-refractivity contribution in [1.82, 2.24) is 4.57 Å². The van der Waals surface area contributed by atoms with E-state index in [-0.39, 0.29) is 6.04 Å². The minimum absolute atomic E-state index is 0.126. The monoisotopic (exact) mass is 623 g/mol. The van der Waals surface area contributed by atoms with E-state index in [1.54, 1.807) is 0 Å². The van der Waals surface area contributed by atoms with Crippen LogP contribution in [0.25, 0.3) is 21.8 Å². The van der Waals surface area contributed by atoms with E-state index in [0.29, 0.717) is 24.3 Å². The number of aromatic nitrogens is 1. The van der Waals surface area contributed by atoms with Crippen LogP contribution in [0.5, 0.6) is 0 Å². The molecule has 8 N–H and O–H groups in total. The maximum atomic E-state index is 10.4. The van der Waals surface area contributed by atoms with E-state index in [4.69, 9.17) is 14.2 Å². The molecule has 45 heavy (non-hydrogen) atoms. The molecule has 3 saturated heterocycles. The fourth-order valence-corrected chi connectivity index (χ4v) is 6.29. The molecule has 3 aliphatic rings. The number of ether oxygens (including phenoxy) is 3. The van der Waals surface area contributed by atoms with Crippen LogP contribution in [0.4, 0.5) is 0 Å². The van der Waals surface area contributed by atoms with Gasteiger partial charge in [0.1, 0.15) is 61.0 Å². The van der Waals surface area contributed by atoms with E-state index >= 15 is 0 Å². The van der Waals surface area contributed by atoms with Crippen molar-refractivity contribution >= 4 is 21.8 Å². The first-order valence-corrected chi connectivity index (χ1v) is 15.0. The molecule has 0 amide bonds. The Kier molecular flexibility index (Phi) is 9.45. The van der Waals surface area contributed by atoms with Crippen LogP contribution in [-0.2, 0) is 14.2 Å². The lowest BCUT2D eigenvalue weighted by Crippen LogP contribution is -2.58. The second-order valence-corrected chi connectivity index (χ2v) is 11.7. The minimum atomic E-state index is -1.51. The molecule has 3 fully saturated rings. The third kappa shape index (κ3) is 6.09. The van der Waals surface area contributed by atoms with E-state index in [2.05, 4.69) is 28.2 Å². The number of hydrogen-bond donors (Lipinski definition) is 8. The number of rotatable bonds is 3. The van der Waals surface area contributed by atoms with Crippen molar-refractivity contribution in [3.63, 3.8) is 0 Å². The quantitative estimate of drug-likeness (QED) is 0.159. The van der Waals surface area contributed by atoms with Crippen LogP contribution >= 0.6 is 0 Å². The summed E-state index contributed by atoms with van der Waals surface area (Å²) < 4.78 is 18.9. The van der Waals surface area contributed by atoms with Crippen LogP contribution in [0.15, 0.2) is 36.4 Å². The van der Waals surface area contributed by atoms with Crippen LogP contribution < -0.4 is 0 Å². The number of nitrogens with zero attached hydrogens (tertiary/aromatic N) is 1. The van der Waals surface area contributed by atoms with Crippen molar-refractivity contribution in [1.29, 1.82) is 0 Å². The summed E-state index contributed by atoms with van der Waals surface area (Å²) in [7, 11) is 0. The summed E-state index contributed by atoms with van der Waals surface area (Å²) in [5, 5.41) is 82.1. The highest BCUT2D eigenvalue weighted by atomic mass is 16.5. The molecule has 1 aromatic heterocycles. The van der Waals surface area contributed by atoms with E-state index in [9.17, 15) is 40.9 Å². The molecule has 0 radical (unpaired) electrons. The number of benzene rings is 2. The summed E-state index contributed by atoms with van der Waals surface area (Å²) >= 11 is 0. The van der Waals surface area contributed by atoms with Gasteiger partial charge in [-0.25, -0.2) is 0 Å². The van der Waals surface area contributed by atoms with Crippen molar-refractivity contribution < 1.29 is 55.1 Å². The average molecular weight is 624 g/mol. The normalized spacial score (nSPS) is 34.2. The first kappa shape index (κ1) is 31.9. The summed E-state index contributed by atoms with van der Waals surface area (Å²) in [6.07, 6.45) is -11.5. The van der Waals surface area contributed by atoms with Gasteiger partial charge in [0.2, 0.25) is 0 Å². The van der Waals surface area contributed by atoms with Gasteiger partial charge in [0.25, 0.3) is 0 Å². The van der Waals surface area contributed by atoms with Crippen molar-refractivity contribution in [3.8, 4) is 23.7 Å². The van der Waals surface area contributed by atoms with E-state index in [1.165, 1.54) is 0 Å². The SMILES string of the molecule is OCC1OC(C#Cc2ccc3c4ccc(C#CC5OC(CO)C(O)C(O)C5O)cc4n(C4CCOCC4)c3c2)C(O)C(O)C1O. The maximum Gasteiger partial charge on any atom is 0.147 e. The molecular weight excluding hydrogens is 586 g/mol. The Balaban J connectivity index is 1.37. The summed E-state index contributed by atoms with van der Waals surface area (Å²) in [5.41, 5.74) is 3.13. The van der Waals surface area contributed by atoms with Crippen LogP contribution in [0.2, 0.25) is 0 Å². The van der Waals surface area contributed by atoms with Crippen molar-refractivity contribution in [2.24, 2.45) is 0 Å². The molecule has 2 aromatic carbocycles. The molecule has 12 heteroatoms. The molecule has 6 rings (SSSR count). The van der Waals surface area contributed by atoms with Gasteiger partial charge < -0.3 is 59.6 Å². The number of hydrogen-bond acceptors (Lipinski definition) is 11. The number of aliphatic hydroxyl groups is 8. The van der Waals surface area contributed by atoms with Crippen LogP contribution in [0.3, 0.4) is 0 Å². The van der Waals surface area contributed by atoms with Crippen LogP contribution in [-0.4, -0.2) is 133 Å². The predicted molar refractivity (Wildman–Crippen MR) is 160 cm³/mol. The first-order chi connectivity index (χ1) is 21.7. The van der Waals surface area contributed by atoms with Gasteiger partial charge in [-0.15, -0.1) is 0 Å². The summed E-state index contributed by atoms with van der Waals surface area (Å²) in [4.78, 5) is 0. The first-order valence-electron chi connectivity index (χ1n) is 15.0. The molecular formula is C33H37NO11. The molecule has 3 aliphatic heterocycles. The lowest BCUT2D eigenvalue weighted by Gasteiger charge is -2.37. The average Bonchev–Trinajstić information content (AvgIpc) is 3.38. The van der Waals surface area contributed by atoms with Gasteiger partial charge in [0.15, 0.2) is 0 Å². The van der Waals surface area contributed by atoms with E-state index < -0.39 is 74.3 Å². The zero-order chi connectivity index (χ0) is 31.8. The summed E-state index contributed by atoms with van der Waals surface area (Å²) in [6, 6.07) is 11.6. The molecule has 0 saturated carbocycles. The molecule has 240 valence electrons. The maximum absolute atomic E-state index is 10.4. The summed E-state index contributed by atoms with van der Waals surface area (Å²) in [5.74, 6) is 11.7. The summed E-state index contributed by atoms with van der Waals surface area (Å²) in [6.45, 7) is 0.155. The van der Waals surface area contributed by atoms with Gasteiger partial charge in [0.05, 0.1) is 24.2 Å². The van der Waals surface area contributed by atoms with Gasteiger partial charge in [-0.2, -0.15) is 0 Å². The molecule has 10 unspecified atom stereocenters. The Hall–Kier alpha value is -3.08. The molecule has 0 spiro atoms. The molecule has 10 atom stereocenters. The molecule has 0 aliphatic carbocycles. The van der Waals surface area contributed by atoms with Crippen LogP contribution in [0, 0.1) is 23.7 Å². The second-order valence-electron chi connectivity index (χ2n) is 11.7. The van der Waals surface area contributed by atoms with Crippen molar-refractivity contribution in [3.05, 3.63) is 47.5 Å². The van der Waals surface area contributed by atoms with Gasteiger partial charge in [-0.1, -0.05) is 35.8 Å². The van der Waals surface area contributed by atoms with Crippen LogP contribution in [0.1, 0.15) is 30.0 Å². The molecule has 3 aromatic rings. The Labute approximate surface area is 259 Å². The molecule has 12 nitrogen and oxygen atoms in total. The van der Waals surface area contributed by atoms with E-state index in [1.807, 2.05) is 36.4 Å². The Morgan fingerprint density at radius 1 is 0.622 bits per heavy atom. The van der Waals surface area contributed by atoms with Crippen molar-refractivity contribution in [2.45, 2.75) is 79.9 Å².